The number of sulfonamides is 1. The topological polar surface area (TPSA) is 60.9 Å². The molecule has 2 aliphatic rings. The van der Waals surface area contributed by atoms with Crippen LogP contribution in [0, 0.1) is 18.7 Å². The number of carbonyl (C=O) groups excluding carboxylic acids is 1. The summed E-state index contributed by atoms with van der Waals surface area (Å²) in [7, 11) is -3.73. The lowest BCUT2D eigenvalue weighted by atomic mass is 9.97. The zero-order valence-electron chi connectivity index (χ0n) is 18.4. The molecule has 8 heteroatoms. The lowest BCUT2D eigenvalue weighted by molar-refractivity contribution is -0.138. The van der Waals surface area contributed by atoms with E-state index in [1.807, 2.05) is 4.90 Å². The number of hydrogen-bond acceptors (Lipinski definition) is 4. The van der Waals surface area contributed by atoms with Gasteiger partial charge in [0.05, 0.1) is 10.8 Å². The van der Waals surface area contributed by atoms with E-state index in [4.69, 9.17) is 0 Å². The van der Waals surface area contributed by atoms with E-state index in [0.29, 0.717) is 32.5 Å². The minimum atomic E-state index is -3.73. The molecule has 2 aromatic carbocycles. The Labute approximate surface area is 189 Å². The highest BCUT2D eigenvalue weighted by Crippen LogP contribution is 2.25. The maximum Gasteiger partial charge on any atom is 0.243 e. The van der Waals surface area contributed by atoms with Gasteiger partial charge in [-0.15, -0.1) is 0 Å². The molecule has 0 bridgehead atoms. The first-order valence-corrected chi connectivity index (χ1v) is 12.6. The zero-order valence-corrected chi connectivity index (χ0v) is 19.2. The third-order valence-corrected chi connectivity index (χ3v) is 8.27. The number of piperazine rings is 1. The predicted octanol–water partition coefficient (Wildman–Crippen LogP) is 2.88. The molecule has 1 amide bonds. The van der Waals surface area contributed by atoms with Crippen molar-refractivity contribution in [2.45, 2.75) is 31.2 Å². The summed E-state index contributed by atoms with van der Waals surface area (Å²) in [5.41, 5.74) is 2.51. The van der Waals surface area contributed by atoms with Crippen LogP contribution in [0.2, 0.25) is 0 Å². The number of benzene rings is 2. The summed E-state index contributed by atoms with van der Waals surface area (Å²) in [6.07, 6.45) is 1.34. The molecule has 1 atom stereocenters. The monoisotopic (exact) mass is 459 g/mol. The SMILES string of the molecule is Cc1ccc(CN2CCN(C(=O)C3CCCN(S(=O)(=O)c4ccc(F)cc4)C3)CC2)cc1. The van der Waals surface area contributed by atoms with Gasteiger partial charge in [0.1, 0.15) is 5.82 Å². The quantitative estimate of drug-likeness (QED) is 0.690. The fraction of sp³-hybridized carbons (Fsp3) is 0.458. The van der Waals surface area contributed by atoms with Gasteiger partial charge in [-0.05, 0) is 49.6 Å². The first-order chi connectivity index (χ1) is 15.3. The Bertz CT molecular complexity index is 1030. The first kappa shape index (κ1) is 22.9. The maximum atomic E-state index is 13.2. The number of piperidine rings is 1. The van der Waals surface area contributed by atoms with E-state index >= 15 is 0 Å². The predicted molar refractivity (Wildman–Crippen MR) is 121 cm³/mol. The number of aryl methyl sites for hydroxylation is 1. The van der Waals surface area contributed by atoms with E-state index < -0.39 is 15.8 Å². The van der Waals surface area contributed by atoms with Crippen LogP contribution in [0.15, 0.2) is 53.4 Å². The third-order valence-electron chi connectivity index (χ3n) is 6.40. The molecular weight excluding hydrogens is 429 g/mol. The minimum Gasteiger partial charge on any atom is -0.340 e. The molecule has 2 saturated heterocycles. The Morgan fingerprint density at radius 3 is 2.28 bits per heavy atom. The molecule has 32 heavy (non-hydrogen) atoms. The van der Waals surface area contributed by atoms with Crippen molar-refractivity contribution in [2.75, 3.05) is 39.3 Å². The van der Waals surface area contributed by atoms with Crippen molar-refractivity contribution in [3.05, 3.63) is 65.5 Å². The molecule has 0 saturated carbocycles. The Balaban J connectivity index is 1.33. The second-order valence-corrected chi connectivity index (χ2v) is 10.7. The lowest BCUT2D eigenvalue weighted by Crippen LogP contribution is -2.52. The van der Waals surface area contributed by atoms with Crippen LogP contribution < -0.4 is 0 Å². The molecule has 172 valence electrons. The van der Waals surface area contributed by atoms with Crippen LogP contribution >= 0.6 is 0 Å². The van der Waals surface area contributed by atoms with Crippen molar-refractivity contribution in [3.63, 3.8) is 0 Å². The Hall–Kier alpha value is -2.29. The van der Waals surface area contributed by atoms with Crippen molar-refractivity contribution in [1.82, 2.24) is 14.1 Å². The van der Waals surface area contributed by atoms with Crippen molar-refractivity contribution >= 4 is 15.9 Å². The van der Waals surface area contributed by atoms with Crippen molar-refractivity contribution in [3.8, 4) is 0 Å². The number of nitrogens with zero attached hydrogens (tertiary/aromatic N) is 3. The van der Waals surface area contributed by atoms with Gasteiger partial charge in [-0.25, -0.2) is 12.8 Å². The van der Waals surface area contributed by atoms with Gasteiger partial charge in [0, 0.05) is 45.8 Å². The molecule has 2 heterocycles. The fourth-order valence-corrected chi connectivity index (χ4v) is 5.98. The largest absolute Gasteiger partial charge is 0.340 e. The average molecular weight is 460 g/mol. The van der Waals surface area contributed by atoms with Gasteiger partial charge in [0.2, 0.25) is 15.9 Å². The Morgan fingerprint density at radius 2 is 1.62 bits per heavy atom. The Morgan fingerprint density at radius 1 is 0.969 bits per heavy atom. The lowest BCUT2D eigenvalue weighted by Gasteiger charge is -2.38. The standard InChI is InChI=1S/C24H30FN3O3S/c1-19-4-6-20(7-5-19)17-26-13-15-27(16-14-26)24(29)21-3-2-12-28(18-21)32(30,31)23-10-8-22(25)9-11-23/h4-11,21H,2-3,12-18H2,1H3. The second kappa shape index (κ2) is 9.68. The summed E-state index contributed by atoms with van der Waals surface area (Å²) in [5, 5.41) is 0. The van der Waals surface area contributed by atoms with E-state index in [-0.39, 0.29) is 23.3 Å². The van der Waals surface area contributed by atoms with Gasteiger partial charge in [-0.3, -0.25) is 9.69 Å². The molecule has 0 N–H and O–H groups in total. The van der Waals surface area contributed by atoms with E-state index in [1.165, 1.54) is 27.6 Å². The number of amides is 1. The number of carbonyl (C=O) groups is 1. The van der Waals surface area contributed by atoms with E-state index in [0.717, 1.165) is 31.8 Å². The maximum absolute atomic E-state index is 13.2. The highest BCUT2D eigenvalue weighted by atomic mass is 32.2. The van der Waals surface area contributed by atoms with Gasteiger partial charge in [0.25, 0.3) is 0 Å². The number of halogens is 1. The van der Waals surface area contributed by atoms with Gasteiger partial charge in [0.15, 0.2) is 0 Å². The molecule has 2 fully saturated rings. The highest BCUT2D eigenvalue weighted by Gasteiger charge is 2.35. The van der Waals surface area contributed by atoms with E-state index in [2.05, 4.69) is 36.1 Å². The molecular formula is C24H30FN3O3S. The smallest absolute Gasteiger partial charge is 0.243 e. The molecule has 0 aromatic heterocycles. The minimum absolute atomic E-state index is 0.0407. The van der Waals surface area contributed by atoms with Gasteiger partial charge >= 0.3 is 0 Å². The fourth-order valence-electron chi connectivity index (χ4n) is 4.45. The van der Waals surface area contributed by atoms with Crippen LogP contribution in [-0.2, 0) is 21.4 Å². The normalized spacial score (nSPS) is 20.9. The van der Waals surface area contributed by atoms with Crippen LogP contribution in [0.4, 0.5) is 4.39 Å². The highest BCUT2D eigenvalue weighted by molar-refractivity contribution is 7.89. The summed E-state index contributed by atoms with van der Waals surface area (Å²) >= 11 is 0. The van der Waals surface area contributed by atoms with Gasteiger partial charge < -0.3 is 4.90 Å². The van der Waals surface area contributed by atoms with Crippen LogP contribution in [0.25, 0.3) is 0 Å². The average Bonchev–Trinajstić information content (AvgIpc) is 2.81. The summed E-state index contributed by atoms with van der Waals surface area (Å²) in [4.78, 5) is 17.4. The van der Waals surface area contributed by atoms with E-state index in [1.54, 1.807) is 0 Å². The van der Waals surface area contributed by atoms with Crippen LogP contribution in [0.5, 0.6) is 0 Å². The summed E-state index contributed by atoms with van der Waals surface area (Å²) in [5.74, 6) is -0.765. The molecule has 2 aromatic rings. The van der Waals surface area contributed by atoms with Gasteiger partial charge in [-0.1, -0.05) is 29.8 Å². The molecule has 4 rings (SSSR count). The Kier molecular flexibility index (Phi) is 6.93. The molecule has 0 radical (unpaired) electrons. The molecule has 0 spiro atoms. The summed E-state index contributed by atoms with van der Waals surface area (Å²) in [6, 6.07) is 13.4. The summed E-state index contributed by atoms with van der Waals surface area (Å²) in [6.45, 7) is 6.45. The molecule has 2 aliphatic heterocycles. The molecule has 6 nitrogen and oxygen atoms in total. The number of hydrogen-bond donors (Lipinski definition) is 0. The van der Waals surface area contributed by atoms with Crippen molar-refractivity contribution < 1.29 is 17.6 Å². The van der Waals surface area contributed by atoms with Crippen molar-refractivity contribution in [2.24, 2.45) is 5.92 Å². The van der Waals surface area contributed by atoms with Crippen LogP contribution in [-0.4, -0.2) is 67.7 Å². The van der Waals surface area contributed by atoms with Crippen LogP contribution in [0.1, 0.15) is 24.0 Å². The van der Waals surface area contributed by atoms with Gasteiger partial charge in [-0.2, -0.15) is 4.31 Å². The van der Waals surface area contributed by atoms with Crippen molar-refractivity contribution in [1.29, 1.82) is 0 Å². The first-order valence-electron chi connectivity index (χ1n) is 11.2. The van der Waals surface area contributed by atoms with Crippen LogP contribution in [0.3, 0.4) is 0 Å². The number of rotatable bonds is 5. The zero-order chi connectivity index (χ0) is 22.7. The second-order valence-electron chi connectivity index (χ2n) is 8.74. The molecule has 1 unspecified atom stereocenters. The van der Waals surface area contributed by atoms with E-state index in [9.17, 15) is 17.6 Å². The third kappa shape index (κ3) is 5.19. The molecule has 0 aliphatic carbocycles. The summed E-state index contributed by atoms with van der Waals surface area (Å²) < 4.78 is 40.5.